The first kappa shape index (κ1) is 16.0. The fraction of sp³-hybridized carbons (Fsp3) is 0.400. The summed E-state index contributed by atoms with van der Waals surface area (Å²) in [5.74, 6) is 0.961. The topological polar surface area (TPSA) is 22.9 Å². The Kier molecular flexibility index (Phi) is 6.07. The van der Waals surface area contributed by atoms with Gasteiger partial charge in [-0.1, -0.05) is 42.5 Å². The lowest BCUT2D eigenvalue weighted by molar-refractivity contribution is -0.908. The highest BCUT2D eigenvalue weighted by atomic mass is 16.5. The number of benzene rings is 2. The molecule has 0 radical (unpaired) electrons. The van der Waals surface area contributed by atoms with Crippen LogP contribution in [-0.2, 0) is 4.74 Å². The van der Waals surface area contributed by atoms with Gasteiger partial charge >= 0.3 is 0 Å². The van der Waals surface area contributed by atoms with Gasteiger partial charge in [0.25, 0.3) is 0 Å². The van der Waals surface area contributed by atoms with Gasteiger partial charge in [0.1, 0.15) is 18.8 Å². The number of rotatable bonds is 7. The lowest BCUT2D eigenvalue weighted by atomic mass is 10.1. The van der Waals surface area contributed by atoms with Crippen LogP contribution in [0.25, 0.3) is 11.1 Å². The molecule has 0 unspecified atom stereocenters. The number of nitrogens with one attached hydrogen (secondary N) is 1. The normalized spacial score (nSPS) is 15.5. The molecule has 23 heavy (non-hydrogen) atoms. The van der Waals surface area contributed by atoms with Gasteiger partial charge in [-0.2, -0.15) is 0 Å². The second-order valence-corrected chi connectivity index (χ2v) is 6.06. The zero-order valence-corrected chi connectivity index (χ0v) is 13.7. The van der Waals surface area contributed by atoms with Gasteiger partial charge in [-0.25, -0.2) is 0 Å². The summed E-state index contributed by atoms with van der Waals surface area (Å²) in [5.41, 5.74) is 2.47. The smallest absolute Gasteiger partial charge is 0.119 e. The average molecular weight is 312 g/mol. The lowest BCUT2D eigenvalue weighted by Crippen LogP contribution is -3.14. The summed E-state index contributed by atoms with van der Waals surface area (Å²) in [7, 11) is 0. The van der Waals surface area contributed by atoms with E-state index in [1.807, 2.05) is 6.07 Å². The zero-order valence-electron chi connectivity index (χ0n) is 13.7. The highest BCUT2D eigenvalue weighted by Crippen LogP contribution is 2.22. The zero-order chi connectivity index (χ0) is 15.7. The number of ether oxygens (including phenoxy) is 2. The molecule has 3 heteroatoms. The summed E-state index contributed by atoms with van der Waals surface area (Å²) in [6.07, 6.45) is 2.34. The third-order valence-corrected chi connectivity index (χ3v) is 4.35. The van der Waals surface area contributed by atoms with Crippen molar-refractivity contribution in [2.45, 2.75) is 12.8 Å². The molecular weight excluding hydrogens is 286 g/mol. The van der Waals surface area contributed by atoms with Gasteiger partial charge in [0, 0.05) is 0 Å². The van der Waals surface area contributed by atoms with E-state index >= 15 is 0 Å². The predicted octanol–water partition coefficient (Wildman–Crippen LogP) is 2.43. The fourth-order valence-electron chi connectivity index (χ4n) is 2.95. The molecule has 1 saturated heterocycles. The van der Waals surface area contributed by atoms with E-state index in [2.05, 4.69) is 48.5 Å². The molecule has 1 N–H and O–H groups in total. The monoisotopic (exact) mass is 312 g/mol. The van der Waals surface area contributed by atoms with E-state index < -0.39 is 0 Å². The Morgan fingerprint density at radius 2 is 1.52 bits per heavy atom. The van der Waals surface area contributed by atoms with Crippen LogP contribution in [0.4, 0.5) is 0 Å². The van der Waals surface area contributed by atoms with Crippen molar-refractivity contribution in [3.63, 3.8) is 0 Å². The van der Waals surface area contributed by atoms with E-state index in [1.54, 1.807) is 4.90 Å². The van der Waals surface area contributed by atoms with Crippen molar-refractivity contribution in [2.24, 2.45) is 0 Å². The van der Waals surface area contributed by atoms with E-state index in [9.17, 15) is 0 Å². The molecule has 1 heterocycles. The molecule has 3 nitrogen and oxygen atoms in total. The van der Waals surface area contributed by atoms with Crippen LogP contribution >= 0.6 is 0 Å². The van der Waals surface area contributed by atoms with Crippen LogP contribution in [0, 0.1) is 0 Å². The highest BCUT2D eigenvalue weighted by Gasteiger charge is 2.12. The maximum atomic E-state index is 5.85. The first-order valence-electron chi connectivity index (χ1n) is 8.61. The van der Waals surface area contributed by atoms with Crippen LogP contribution in [0.2, 0.25) is 0 Å². The molecule has 1 fully saturated rings. The maximum Gasteiger partial charge on any atom is 0.119 e. The Morgan fingerprint density at radius 3 is 2.26 bits per heavy atom. The number of hydrogen-bond acceptors (Lipinski definition) is 2. The minimum atomic E-state index is 0.800. The molecule has 0 spiro atoms. The third-order valence-electron chi connectivity index (χ3n) is 4.35. The quantitative estimate of drug-likeness (QED) is 0.794. The summed E-state index contributed by atoms with van der Waals surface area (Å²) in [6, 6.07) is 18.8. The number of unbranched alkanes of at least 4 members (excludes halogenated alkanes) is 1. The second-order valence-electron chi connectivity index (χ2n) is 6.06. The van der Waals surface area contributed by atoms with Crippen molar-refractivity contribution in [3.05, 3.63) is 54.6 Å². The summed E-state index contributed by atoms with van der Waals surface area (Å²) in [6.45, 7) is 6.18. The SMILES string of the molecule is c1ccc(-c2ccc(OCCCC[NH+]3CCOCC3)cc2)cc1. The van der Waals surface area contributed by atoms with Crippen LogP contribution in [-0.4, -0.2) is 39.5 Å². The van der Waals surface area contributed by atoms with Gasteiger partial charge in [-0.15, -0.1) is 0 Å². The number of hydrogen-bond donors (Lipinski definition) is 1. The molecule has 0 atom stereocenters. The molecule has 0 amide bonds. The Labute approximate surface area is 138 Å². The molecule has 3 rings (SSSR count). The Bertz CT molecular complexity index is 562. The summed E-state index contributed by atoms with van der Waals surface area (Å²) in [4.78, 5) is 1.67. The van der Waals surface area contributed by atoms with Gasteiger partial charge in [0.2, 0.25) is 0 Å². The molecule has 0 bridgehead atoms. The minimum Gasteiger partial charge on any atom is -0.494 e. The lowest BCUT2D eigenvalue weighted by Gasteiger charge is -2.23. The van der Waals surface area contributed by atoms with Crippen LogP contribution in [0.3, 0.4) is 0 Å². The molecular formula is C20H26NO2+. The molecule has 0 aromatic heterocycles. The Hall–Kier alpha value is -1.84. The maximum absolute atomic E-state index is 5.85. The summed E-state index contributed by atoms with van der Waals surface area (Å²) < 4.78 is 11.2. The molecule has 0 aliphatic carbocycles. The van der Waals surface area contributed by atoms with Gasteiger partial charge < -0.3 is 14.4 Å². The minimum absolute atomic E-state index is 0.800. The van der Waals surface area contributed by atoms with Crippen molar-refractivity contribution in [2.75, 3.05) is 39.5 Å². The molecule has 1 aliphatic rings. The van der Waals surface area contributed by atoms with Gasteiger partial charge in [0.15, 0.2) is 0 Å². The van der Waals surface area contributed by atoms with Crippen molar-refractivity contribution in [3.8, 4) is 16.9 Å². The average Bonchev–Trinajstić information content (AvgIpc) is 2.64. The van der Waals surface area contributed by atoms with E-state index in [-0.39, 0.29) is 0 Å². The molecule has 122 valence electrons. The standard InChI is InChI=1S/C20H25NO2/c1-2-6-18(7-3-1)19-8-10-20(11-9-19)23-15-5-4-12-21-13-16-22-17-14-21/h1-3,6-11H,4-5,12-17H2/p+1. The largest absolute Gasteiger partial charge is 0.494 e. The molecule has 0 saturated carbocycles. The Morgan fingerprint density at radius 1 is 0.826 bits per heavy atom. The first-order chi connectivity index (χ1) is 11.4. The van der Waals surface area contributed by atoms with Crippen molar-refractivity contribution >= 4 is 0 Å². The third kappa shape index (κ3) is 5.08. The van der Waals surface area contributed by atoms with Gasteiger partial charge in [0.05, 0.1) is 26.4 Å². The van der Waals surface area contributed by atoms with E-state index in [1.165, 1.54) is 24.1 Å². The van der Waals surface area contributed by atoms with Crippen molar-refractivity contribution in [1.82, 2.24) is 0 Å². The molecule has 2 aromatic carbocycles. The summed E-state index contributed by atoms with van der Waals surface area (Å²) >= 11 is 0. The number of quaternary nitrogens is 1. The first-order valence-corrected chi connectivity index (χ1v) is 8.61. The van der Waals surface area contributed by atoms with Crippen LogP contribution in [0.15, 0.2) is 54.6 Å². The summed E-state index contributed by atoms with van der Waals surface area (Å²) in [5, 5.41) is 0. The van der Waals surface area contributed by atoms with E-state index in [0.717, 1.165) is 45.1 Å². The van der Waals surface area contributed by atoms with Gasteiger partial charge in [-0.3, -0.25) is 0 Å². The fourth-order valence-corrected chi connectivity index (χ4v) is 2.95. The molecule has 1 aliphatic heterocycles. The van der Waals surface area contributed by atoms with Crippen LogP contribution in [0.1, 0.15) is 12.8 Å². The number of morpholine rings is 1. The highest BCUT2D eigenvalue weighted by molar-refractivity contribution is 5.63. The molecule has 2 aromatic rings. The predicted molar refractivity (Wildman–Crippen MR) is 93.0 cm³/mol. The van der Waals surface area contributed by atoms with Gasteiger partial charge in [-0.05, 0) is 36.1 Å². The van der Waals surface area contributed by atoms with Crippen molar-refractivity contribution < 1.29 is 14.4 Å². The van der Waals surface area contributed by atoms with Crippen LogP contribution in [0.5, 0.6) is 5.75 Å². The van der Waals surface area contributed by atoms with Crippen LogP contribution < -0.4 is 9.64 Å². The second kappa shape index (κ2) is 8.70. The van der Waals surface area contributed by atoms with E-state index in [4.69, 9.17) is 9.47 Å². The van der Waals surface area contributed by atoms with Crippen molar-refractivity contribution in [1.29, 1.82) is 0 Å². The Balaban J connectivity index is 1.37. The van der Waals surface area contributed by atoms with E-state index in [0.29, 0.717) is 0 Å².